The largest absolute Gasteiger partial charge is 0.325 e. The average Bonchev–Trinajstić information content (AvgIpc) is 2.41. The van der Waals surface area contributed by atoms with Crippen LogP contribution in [0.15, 0.2) is 0 Å². The van der Waals surface area contributed by atoms with Crippen LogP contribution in [-0.2, 0) is 15.0 Å². The van der Waals surface area contributed by atoms with E-state index < -0.39 is 28.2 Å². The maximum absolute atomic E-state index is 11.2. The molecule has 0 spiro atoms. The van der Waals surface area contributed by atoms with Gasteiger partial charge in [0.05, 0.1) is 0 Å². The summed E-state index contributed by atoms with van der Waals surface area (Å²) in [5, 5.41) is 4.27. The topological polar surface area (TPSA) is 108 Å². The predicted octanol–water partition coefficient (Wildman–Crippen LogP) is -2.41. The average molecular weight is 236 g/mol. The van der Waals surface area contributed by atoms with Crippen LogP contribution in [0.4, 0.5) is 4.79 Å². The van der Waals surface area contributed by atoms with Gasteiger partial charge in [-0.1, -0.05) is 0 Å². The third-order valence-electron chi connectivity index (χ3n) is 1.81. The van der Waals surface area contributed by atoms with E-state index in [1.54, 1.807) is 0 Å². The number of urea groups is 1. The number of hydrogen-bond acceptors (Lipinski definition) is 4. The van der Waals surface area contributed by atoms with Crippen molar-refractivity contribution < 1.29 is 18.0 Å². The molecule has 0 saturated carbocycles. The Morgan fingerprint density at radius 2 is 2.00 bits per heavy atom. The Labute approximate surface area is 87.2 Å². The van der Waals surface area contributed by atoms with Crippen molar-refractivity contribution in [2.45, 2.75) is 6.04 Å². The van der Waals surface area contributed by atoms with E-state index in [1.165, 1.54) is 14.1 Å². The third-order valence-corrected chi connectivity index (χ3v) is 3.30. The Morgan fingerprint density at radius 1 is 1.40 bits per heavy atom. The van der Waals surface area contributed by atoms with Crippen molar-refractivity contribution in [3.63, 3.8) is 0 Å². The smallest absolute Gasteiger partial charge is 0.322 e. The van der Waals surface area contributed by atoms with Crippen molar-refractivity contribution in [1.82, 2.24) is 19.7 Å². The summed E-state index contributed by atoms with van der Waals surface area (Å²) in [6.45, 7) is -0.169. The molecule has 86 valence electrons. The Morgan fingerprint density at radius 3 is 2.40 bits per heavy atom. The summed E-state index contributed by atoms with van der Waals surface area (Å²) in [5.41, 5.74) is 0. The first-order valence-electron chi connectivity index (χ1n) is 4.11. The van der Waals surface area contributed by atoms with Gasteiger partial charge in [-0.3, -0.25) is 10.1 Å². The fraction of sp³-hybridized carbons (Fsp3) is 0.667. The van der Waals surface area contributed by atoms with Gasteiger partial charge in [0.1, 0.15) is 6.04 Å². The van der Waals surface area contributed by atoms with Crippen molar-refractivity contribution in [2.75, 3.05) is 20.6 Å². The minimum atomic E-state index is -3.57. The number of imide groups is 1. The van der Waals surface area contributed by atoms with Gasteiger partial charge in [0.25, 0.3) is 16.1 Å². The monoisotopic (exact) mass is 236 g/mol. The molecule has 0 radical (unpaired) electrons. The molecule has 0 bridgehead atoms. The molecule has 1 fully saturated rings. The summed E-state index contributed by atoms with van der Waals surface area (Å²) in [6, 6.07) is -1.47. The summed E-state index contributed by atoms with van der Waals surface area (Å²) in [5.74, 6) is -0.540. The molecule has 3 amide bonds. The fourth-order valence-electron chi connectivity index (χ4n) is 0.920. The van der Waals surface area contributed by atoms with Gasteiger partial charge in [-0.2, -0.15) is 17.4 Å². The standard InChI is InChI=1S/C6H12N4O4S/c1-10(2)15(13,14)7-3-4-5(11)9-6(12)8-4/h4,7H,3H2,1-2H3,(H2,8,9,11,12). The number of carbonyl (C=O) groups excluding carboxylic acids is 2. The lowest BCUT2D eigenvalue weighted by Gasteiger charge is -2.13. The van der Waals surface area contributed by atoms with Crippen LogP contribution in [0.5, 0.6) is 0 Å². The minimum Gasteiger partial charge on any atom is -0.325 e. The molecule has 9 heteroatoms. The van der Waals surface area contributed by atoms with Crippen molar-refractivity contribution in [3.05, 3.63) is 0 Å². The van der Waals surface area contributed by atoms with E-state index in [1.807, 2.05) is 5.32 Å². The maximum Gasteiger partial charge on any atom is 0.322 e. The van der Waals surface area contributed by atoms with E-state index in [0.29, 0.717) is 0 Å². The van der Waals surface area contributed by atoms with Gasteiger partial charge in [0.2, 0.25) is 0 Å². The summed E-state index contributed by atoms with van der Waals surface area (Å²) in [7, 11) is -0.861. The van der Waals surface area contributed by atoms with Gasteiger partial charge < -0.3 is 5.32 Å². The van der Waals surface area contributed by atoms with E-state index in [0.717, 1.165) is 4.31 Å². The summed E-state index contributed by atoms with van der Waals surface area (Å²) in [6.07, 6.45) is 0. The van der Waals surface area contributed by atoms with Gasteiger partial charge in [-0.15, -0.1) is 0 Å². The highest BCUT2D eigenvalue weighted by atomic mass is 32.2. The second kappa shape index (κ2) is 4.13. The Bertz CT molecular complexity index is 377. The highest BCUT2D eigenvalue weighted by Crippen LogP contribution is 1.94. The second-order valence-electron chi connectivity index (χ2n) is 3.15. The number of rotatable bonds is 4. The molecule has 1 aliphatic heterocycles. The predicted molar refractivity (Wildman–Crippen MR) is 51.1 cm³/mol. The first-order chi connectivity index (χ1) is 6.83. The lowest BCUT2D eigenvalue weighted by atomic mass is 10.3. The highest BCUT2D eigenvalue weighted by Gasteiger charge is 2.30. The first kappa shape index (κ1) is 11.9. The zero-order chi connectivity index (χ0) is 11.6. The lowest BCUT2D eigenvalue weighted by Crippen LogP contribution is -2.45. The number of nitrogens with one attached hydrogen (secondary N) is 3. The van der Waals surface area contributed by atoms with Crippen LogP contribution in [0.25, 0.3) is 0 Å². The van der Waals surface area contributed by atoms with Gasteiger partial charge in [0.15, 0.2) is 0 Å². The molecule has 8 nitrogen and oxygen atoms in total. The lowest BCUT2D eigenvalue weighted by molar-refractivity contribution is -0.120. The van der Waals surface area contributed by atoms with E-state index in [-0.39, 0.29) is 6.54 Å². The maximum atomic E-state index is 11.2. The molecule has 1 unspecified atom stereocenters. The van der Waals surface area contributed by atoms with Gasteiger partial charge in [0, 0.05) is 20.6 Å². The molecule has 1 rings (SSSR count). The number of hydrogen-bond donors (Lipinski definition) is 3. The summed E-state index contributed by atoms with van der Waals surface area (Å²) < 4.78 is 25.6. The zero-order valence-electron chi connectivity index (χ0n) is 8.27. The summed E-state index contributed by atoms with van der Waals surface area (Å²) >= 11 is 0. The van der Waals surface area contributed by atoms with Crippen LogP contribution in [-0.4, -0.2) is 51.3 Å². The van der Waals surface area contributed by atoms with Crippen LogP contribution >= 0.6 is 0 Å². The van der Waals surface area contributed by atoms with E-state index in [4.69, 9.17) is 0 Å². The van der Waals surface area contributed by atoms with Crippen molar-refractivity contribution in [2.24, 2.45) is 0 Å². The number of carbonyl (C=O) groups is 2. The van der Waals surface area contributed by atoms with Gasteiger partial charge in [-0.25, -0.2) is 4.79 Å². The molecule has 3 N–H and O–H groups in total. The van der Waals surface area contributed by atoms with Crippen LogP contribution < -0.4 is 15.4 Å². The molecular formula is C6H12N4O4S. The molecule has 1 aliphatic rings. The molecule has 0 aromatic carbocycles. The molecule has 1 atom stereocenters. The molecule has 1 heterocycles. The van der Waals surface area contributed by atoms with Crippen LogP contribution in [0, 0.1) is 0 Å². The van der Waals surface area contributed by atoms with Crippen molar-refractivity contribution in [3.8, 4) is 0 Å². The highest BCUT2D eigenvalue weighted by molar-refractivity contribution is 7.87. The zero-order valence-corrected chi connectivity index (χ0v) is 9.09. The Balaban J connectivity index is 2.52. The SMILES string of the molecule is CN(C)S(=O)(=O)NCC1NC(=O)NC1=O. The minimum absolute atomic E-state index is 0.169. The van der Waals surface area contributed by atoms with Crippen LogP contribution in [0.1, 0.15) is 0 Å². The van der Waals surface area contributed by atoms with Gasteiger partial charge in [-0.05, 0) is 0 Å². The quantitative estimate of drug-likeness (QED) is 0.472. The molecule has 0 aromatic heterocycles. The van der Waals surface area contributed by atoms with Crippen LogP contribution in [0.2, 0.25) is 0 Å². The number of amides is 3. The van der Waals surface area contributed by atoms with E-state index in [9.17, 15) is 18.0 Å². The van der Waals surface area contributed by atoms with Crippen molar-refractivity contribution >= 4 is 22.1 Å². The molecule has 15 heavy (non-hydrogen) atoms. The second-order valence-corrected chi connectivity index (χ2v) is 5.12. The molecule has 1 saturated heterocycles. The normalized spacial score (nSPS) is 21.7. The molecule has 0 aliphatic carbocycles. The summed E-state index contributed by atoms with van der Waals surface area (Å²) in [4.78, 5) is 21.7. The first-order valence-corrected chi connectivity index (χ1v) is 5.55. The number of nitrogens with zero attached hydrogens (tertiary/aromatic N) is 1. The van der Waals surface area contributed by atoms with Gasteiger partial charge >= 0.3 is 6.03 Å². The molecular weight excluding hydrogens is 224 g/mol. The van der Waals surface area contributed by atoms with E-state index in [2.05, 4.69) is 10.0 Å². The fourth-order valence-corrected chi connectivity index (χ4v) is 1.56. The van der Waals surface area contributed by atoms with Crippen molar-refractivity contribution in [1.29, 1.82) is 0 Å². The Kier molecular flexibility index (Phi) is 3.27. The van der Waals surface area contributed by atoms with Crippen LogP contribution in [0.3, 0.4) is 0 Å². The Hall–Kier alpha value is -1.19. The molecule has 0 aromatic rings. The third kappa shape index (κ3) is 2.88. The van der Waals surface area contributed by atoms with E-state index >= 15 is 0 Å².